The van der Waals surface area contributed by atoms with Crippen LogP contribution in [0.1, 0.15) is 230 Å². The van der Waals surface area contributed by atoms with Crippen LogP contribution in [0.4, 0.5) is 17.6 Å². The first kappa shape index (κ1) is 54.3. The van der Waals surface area contributed by atoms with Crippen LogP contribution in [0.15, 0.2) is 85.0 Å². The minimum absolute atomic E-state index is 0.0420. The molecular weight excluding hydrogens is 885 g/mol. The van der Waals surface area contributed by atoms with E-state index in [-0.39, 0.29) is 22.7 Å². The lowest BCUT2D eigenvalue weighted by atomic mass is 9.46. The molecule has 6 aliphatic rings. The van der Waals surface area contributed by atoms with Crippen molar-refractivity contribution in [3.63, 3.8) is 0 Å². The zero-order chi connectivity index (χ0) is 49.6. The molecular formula is C66H94F4O. The van der Waals surface area contributed by atoms with Crippen LogP contribution < -0.4 is 0 Å². The Kier molecular flexibility index (Phi) is 19.9. The van der Waals surface area contributed by atoms with Gasteiger partial charge in [-0.05, 0) is 121 Å². The zero-order valence-corrected chi connectivity index (χ0v) is 44.5. The number of halogens is 4. The molecule has 6 aliphatic carbocycles. The summed E-state index contributed by atoms with van der Waals surface area (Å²) in [5.74, 6) is -0.237. The average Bonchev–Trinajstić information content (AvgIpc) is 3.41. The predicted molar refractivity (Wildman–Crippen MR) is 288 cm³/mol. The van der Waals surface area contributed by atoms with Gasteiger partial charge in [-0.1, -0.05) is 229 Å². The molecule has 2 aromatic carbocycles. The fourth-order valence-electron chi connectivity index (χ4n) is 16.2. The first-order valence-electron chi connectivity index (χ1n) is 29.9. The molecule has 0 spiro atoms. The van der Waals surface area contributed by atoms with Gasteiger partial charge in [0.25, 0.3) is 0 Å². The van der Waals surface area contributed by atoms with Crippen LogP contribution in [0.3, 0.4) is 0 Å². The van der Waals surface area contributed by atoms with E-state index in [1.165, 1.54) is 204 Å². The largest absolute Gasteiger partial charge is 0.380 e. The maximum atomic E-state index is 15.3. The van der Waals surface area contributed by atoms with Gasteiger partial charge in [0.05, 0.1) is 13.2 Å². The molecule has 2 aromatic rings. The summed E-state index contributed by atoms with van der Waals surface area (Å²) in [7, 11) is 0. The van der Waals surface area contributed by atoms with Gasteiger partial charge in [0.15, 0.2) is 23.3 Å². The van der Waals surface area contributed by atoms with Crippen molar-refractivity contribution in [3.05, 3.63) is 119 Å². The normalized spacial score (nSPS) is 30.5. The van der Waals surface area contributed by atoms with Crippen molar-refractivity contribution in [2.24, 2.45) is 46.3 Å². The molecule has 8 rings (SSSR count). The highest BCUT2D eigenvalue weighted by Gasteiger charge is 2.56. The van der Waals surface area contributed by atoms with Gasteiger partial charge in [0.2, 0.25) is 0 Å². The maximum Gasteiger partial charge on any atom is 0.159 e. The molecule has 5 heteroatoms. The number of benzene rings is 2. The fraction of sp³-hybridized carbons (Fsp3) is 0.697. The van der Waals surface area contributed by atoms with Gasteiger partial charge in [-0.2, -0.15) is 0 Å². The molecule has 0 radical (unpaired) electrons. The van der Waals surface area contributed by atoms with E-state index in [2.05, 4.69) is 62.5 Å². The quantitative estimate of drug-likeness (QED) is 0.0579. The van der Waals surface area contributed by atoms with E-state index < -0.39 is 34.1 Å². The second-order valence-corrected chi connectivity index (χ2v) is 24.3. The van der Waals surface area contributed by atoms with E-state index >= 15 is 8.78 Å². The van der Waals surface area contributed by atoms with Crippen LogP contribution in [-0.2, 0) is 15.6 Å². The van der Waals surface area contributed by atoms with Crippen LogP contribution in [-0.4, -0.2) is 13.2 Å². The van der Waals surface area contributed by atoms with E-state index in [0.29, 0.717) is 25.0 Å². The summed E-state index contributed by atoms with van der Waals surface area (Å²) in [4.78, 5) is 0. The van der Waals surface area contributed by atoms with Crippen molar-refractivity contribution in [3.8, 4) is 0 Å². The third kappa shape index (κ3) is 12.4. The van der Waals surface area contributed by atoms with E-state index in [1.807, 2.05) is 12.1 Å². The smallest absolute Gasteiger partial charge is 0.159 e. The Bertz CT molecular complexity index is 1880. The summed E-state index contributed by atoms with van der Waals surface area (Å²) in [6, 6.07) is 9.44. The van der Waals surface area contributed by atoms with Gasteiger partial charge in [-0.25, -0.2) is 17.6 Å². The highest BCUT2D eigenvalue weighted by atomic mass is 19.2. The Labute approximate surface area is 429 Å². The second-order valence-electron chi connectivity index (χ2n) is 24.3. The van der Waals surface area contributed by atoms with Gasteiger partial charge >= 0.3 is 0 Å². The van der Waals surface area contributed by atoms with Gasteiger partial charge in [0.1, 0.15) is 0 Å². The lowest BCUT2D eigenvalue weighted by Crippen LogP contribution is -2.51. The summed E-state index contributed by atoms with van der Waals surface area (Å²) in [5.41, 5.74) is 0.682. The molecule has 0 bridgehead atoms. The summed E-state index contributed by atoms with van der Waals surface area (Å²) < 4.78 is 66.6. The highest BCUT2D eigenvalue weighted by molar-refractivity contribution is 5.46. The van der Waals surface area contributed by atoms with Crippen molar-refractivity contribution < 1.29 is 22.3 Å². The summed E-state index contributed by atoms with van der Waals surface area (Å²) in [6.45, 7) is 5.65. The SMILES string of the molecule is CCCCCCCC[C@H]1CC[C@H](C2([C@]3(c4ccc(F)c(F)c4)C=C[C@H](COC[C@H]4C=C[C@@](c5ccc(F)c(F)c5)(C5([C@H]6CC[C@H](CCCCCCCC)CC6)CCCCC5)C=C4)C=C3)CCCCC2)CC1. The van der Waals surface area contributed by atoms with Gasteiger partial charge in [-0.15, -0.1) is 0 Å². The van der Waals surface area contributed by atoms with Crippen LogP contribution in [0.25, 0.3) is 0 Å². The van der Waals surface area contributed by atoms with Crippen molar-refractivity contribution in [2.45, 2.75) is 230 Å². The van der Waals surface area contributed by atoms with Gasteiger partial charge < -0.3 is 4.74 Å². The molecule has 0 N–H and O–H groups in total. The Morgan fingerprint density at radius 1 is 0.423 bits per heavy atom. The fourth-order valence-corrected chi connectivity index (χ4v) is 16.2. The molecule has 4 saturated carbocycles. The number of ether oxygens (including phenoxy) is 1. The van der Waals surface area contributed by atoms with Crippen LogP contribution in [0, 0.1) is 69.6 Å². The number of rotatable bonds is 24. The maximum absolute atomic E-state index is 15.3. The molecule has 0 aromatic heterocycles. The predicted octanol–water partition coefficient (Wildman–Crippen LogP) is 19.9. The molecule has 0 heterocycles. The van der Waals surface area contributed by atoms with Crippen molar-refractivity contribution >= 4 is 0 Å². The van der Waals surface area contributed by atoms with E-state index in [9.17, 15) is 8.78 Å². The Hall–Kier alpha value is -2.92. The minimum atomic E-state index is -0.783. The topological polar surface area (TPSA) is 9.23 Å². The monoisotopic (exact) mass is 979 g/mol. The third-order valence-electron chi connectivity index (χ3n) is 20.2. The van der Waals surface area contributed by atoms with Crippen LogP contribution in [0.5, 0.6) is 0 Å². The molecule has 0 saturated heterocycles. The molecule has 392 valence electrons. The van der Waals surface area contributed by atoms with Gasteiger partial charge in [0, 0.05) is 22.7 Å². The molecule has 71 heavy (non-hydrogen) atoms. The Morgan fingerprint density at radius 2 is 0.775 bits per heavy atom. The molecule has 0 unspecified atom stereocenters. The molecule has 0 atom stereocenters. The number of hydrogen-bond donors (Lipinski definition) is 0. The Morgan fingerprint density at radius 3 is 1.13 bits per heavy atom. The van der Waals surface area contributed by atoms with Crippen molar-refractivity contribution in [1.29, 1.82) is 0 Å². The van der Waals surface area contributed by atoms with Gasteiger partial charge in [-0.3, -0.25) is 0 Å². The number of unbranched alkanes of at least 4 members (excludes halogenated alkanes) is 10. The lowest BCUT2D eigenvalue weighted by molar-refractivity contribution is 0.00994. The summed E-state index contributed by atoms with van der Waals surface area (Å²) >= 11 is 0. The van der Waals surface area contributed by atoms with Crippen molar-refractivity contribution in [1.82, 2.24) is 0 Å². The lowest BCUT2D eigenvalue weighted by Gasteiger charge is -2.57. The summed E-state index contributed by atoms with van der Waals surface area (Å²) in [6.07, 6.45) is 59.4. The summed E-state index contributed by atoms with van der Waals surface area (Å²) in [5, 5.41) is 0. The third-order valence-corrected chi connectivity index (χ3v) is 20.2. The highest BCUT2D eigenvalue weighted by Crippen LogP contribution is 2.63. The minimum Gasteiger partial charge on any atom is -0.380 e. The second kappa shape index (κ2) is 26.0. The van der Waals surface area contributed by atoms with Crippen LogP contribution in [0.2, 0.25) is 0 Å². The zero-order valence-electron chi connectivity index (χ0n) is 44.5. The van der Waals surface area contributed by atoms with E-state index in [1.54, 1.807) is 0 Å². The van der Waals surface area contributed by atoms with E-state index in [4.69, 9.17) is 4.74 Å². The van der Waals surface area contributed by atoms with E-state index in [0.717, 1.165) is 48.6 Å². The molecule has 4 fully saturated rings. The molecule has 0 aliphatic heterocycles. The number of allylic oxidation sites excluding steroid dienone is 4. The van der Waals surface area contributed by atoms with Crippen LogP contribution >= 0.6 is 0 Å². The molecule has 0 amide bonds. The number of hydrogen-bond acceptors (Lipinski definition) is 1. The first-order valence-corrected chi connectivity index (χ1v) is 29.9. The Balaban J connectivity index is 0.950. The van der Waals surface area contributed by atoms with Crippen molar-refractivity contribution in [2.75, 3.05) is 13.2 Å². The average molecular weight is 979 g/mol. The first-order chi connectivity index (χ1) is 34.7. The molecule has 1 nitrogen and oxygen atoms in total. The standard InChI is InChI=1S/C66H94F4O/c1-3-5-7-9-11-15-21-51-23-27-55(28-24-51)63(39-17-13-18-40-63)65(57-31-33-59(67)61(69)47-57)43-35-53(36-44-65)49-71-50-54-37-45-66(46-38-54,58-32-34-60(68)62(70)48-58)64(41-19-14-20-42-64)56-29-25-52(26-30-56)22-16-12-10-8-6-4-2/h31-38,43-48,51-56H,3-30,39-42,49-50H2,1-2H3/t51-,52-,53-,54-,55-,56-,65+,66+.